The number of thiophene rings is 1. The van der Waals surface area contributed by atoms with Crippen molar-refractivity contribution in [2.75, 3.05) is 0 Å². The number of rotatable bonds is 2. The molecular weight excluding hydrogens is 366 g/mol. The van der Waals surface area contributed by atoms with Crippen molar-refractivity contribution < 1.29 is 0 Å². The Kier molecular flexibility index (Phi) is 3.21. The molecule has 0 N–H and O–H groups in total. The highest BCUT2D eigenvalue weighted by Gasteiger charge is 2.42. The summed E-state index contributed by atoms with van der Waals surface area (Å²) in [4.78, 5) is 15.4. The summed E-state index contributed by atoms with van der Waals surface area (Å²) >= 11 is 1.67. The van der Waals surface area contributed by atoms with Crippen LogP contribution >= 0.6 is 11.3 Å². The molecule has 0 bridgehead atoms. The van der Waals surface area contributed by atoms with Crippen LogP contribution in [0, 0.1) is 20.8 Å². The second-order valence-corrected chi connectivity index (χ2v) is 8.88. The maximum Gasteiger partial charge on any atom is 0.176 e. The highest BCUT2D eigenvalue weighted by Crippen LogP contribution is 2.53. The molecule has 2 atom stereocenters. The van der Waals surface area contributed by atoms with E-state index in [1.54, 1.807) is 17.7 Å². The van der Waals surface area contributed by atoms with E-state index in [0.29, 0.717) is 11.8 Å². The summed E-state index contributed by atoms with van der Waals surface area (Å²) in [5.74, 6) is 1.85. The van der Waals surface area contributed by atoms with Crippen molar-refractivity contribution in [3.63, 3.8) is 0 Å². The number of hydrogen-bond donors (Lipinski definition) is 0. The van der Waals surface area contributed by atoms with E-state index in [1.807, 2.05) is 11.4 Å². The van der Waals surface area contributed by atoms with E-state index in [4.69, 9.17) is 20.1 Å². The molecule has 0 unspecified atom stereocenters. The van der Waals surface area contributed by atoms with Gasteiger partial charge in [-0.05, 0) is 50.3 Å². The van der Waals surface area contributed by atoms with Crippen molar-refractivity contribution in [1.29, 1.82) is 0 Å². The van der Waals surface area contributed by atoms with Gasteiger partial charge in [-0.25, -0.2) is 19.5 Å². The van der Waals surface area contributed by atoms with Gasteiger partial charge in [-0.2, -0.15) is 0 Å². The van der Waals surface area contributed by atoms with Crippen LogP contribution in [0.15, 0.2) is 36.7 Å². The van der Waals surface area contributed by atoms with Gasteiger partial charge in [-0.3, -0.25) is 0 Å². The van der Waals surface area contributed by atoms with Crippen LogP contribution in [-0.2, 0) is 0 Å². The molecule has 0 aliphatic heterocycles. The van der Waals surface area contributed by atoms with E-state index >= 15 is 0 Å². The first-order valence-electron chi connectivity index (χ1n) is 9.57. The Bertz CT molecular complexity index is 1380. The van der Waals surface area contributed by atoms with Gasteiger partial charge in [0.05, 0.1) is 5.52 Å². The fourth-order valence-electron chi connectivity index (χ4n) is 4.20. The van der Waals surface area contributed by atoms with Crippen molar-refractivity contribution in [2.24, 2.45) is 0 Å². The van der Waals surface area contributed by atoms with E-state index in [9.17, 15) is 0 Å². The maximum absolute atomic E-state index is 4.94. The molecule has 1 fully saturated rings. The molecule has 1 aliphatic carbocycles. The van der Waals surface area contributed by atoms with E-state index < -0.39 is 0 Å². The van der Waals surface area contributed by atoms with E-state index in [1.165, 1.54) is 16.7 Å². The Hall–Kier alpha value is -2.86. The summed E-state index contributed by atoms with van der Waals surface area (Å²) in [6.07, 6.45) is 2.91. The van der Waals surface area contributed by atoms with Gasteiger partial charge in [0.2, 0.25) is 0 Å². The van der Waals surface area contributed by atoms with Crippen LogP contribution in [0.2, 0.25) is 0 Å². The number of pyridine rings is 1. The zero-order valence-corrected chi connectivity index (χ0v) is 16.8. The summed E-state index contributed by atoms with van der Waals surface area (Å²) in [6, 6.07) is 11.0. The molecule has 5 nitrogen and oxygen atoms in total. The predicted octanol–water partition coefficient (Wildman–Crippen LogP) is 5.08. The number of hydrogen-bond acceptors (Lipinski definition) is 5. The number of fused-ring (bicyclic) bond motifs is 5. The number of aromatic nitrogens is 5. The molecule has 0 amide bonds. The van der Waals surface area contributed by atoms with Crippen molar-refractivity contribution in [1.82, 2.24) is 24.6 Å². The third-order valence-electron chi connectivity index (χ3n) is 5.74. The maximum atomic E-state index is 4.94. The summed E-state index contributed by atoms with van der Waals surface area (Å²) in [7, 11) is 0. The van der Waals surface area contributed by atoms with Crippen molar-refractivity contribution in [2.45, 2.75) is 39.0 Å². The normalized spacial score (nSPS) is 19.1. The average molecular weight is 385 g/mol. The Morgan fingerprint density at radius 3 is 2.68 bits per heavy atom. The Balaban J connectivity index is 1.47. The number of aryl methyl sites for hydroxylation is 3. The molecule has 0 spiro atoms. The fraction of sp³-hybridized carbons (Fsp3) is 0.273. The standard InChI is InChI=1S/C22H19N5S/c1-11-4-6-14(7-5-11)15-9-16(15)20-25-21-19-18(23-10-27(21)26-20)17-12(2)8-13(3)24-22(17)28-19/h4-8,10,15-16H,9H2,1-3H3/t15-,16-/m0/s1. The lowest BCUT2D eigenvalue weighted by Crippen LogP contribution is -1.91. The van der Waals surface area contributed by atoms with Crippen molar-refractivity contribution >= 4 is 37.4 Å². The lowest BCUT2D eigenvalue weighted by atomic mass is 10.1. The quantitative estimate of drug-likeness (QED) is 0.425. The first-order chi connectivity index (χ1) is 13.6. The van der Waals surface area contributed by atoms with Crippen LogP contribution in [0.3, 0.4) is 0 Å². The number of benzene rings is 1. The van der Waals surface area contributed by atoms with Gasteiger partial charge in [0, 0.05) is 17.0 Å². The van der Waals surface area contributed by atoms with E-state index in [2.05, 4.69) is 44.2 Å². The highest BCUT2D eigenvalue weighted by molar-refractivity contribution is 7.26. The van der Waals surface area contributed by atoms with Gasteiger partial charge in [0.25, 0.3) is 0 Å². The fourth-order valence-corrected chi connectivity index (χ4v) is 5.43. The Morgan fingerprint density at radius 2 is 1.86 bits per heavy atom. The molecule has 1 saturated carbocycles. The molecule has 1 aliphatic rings. The lowest BCUT2D eigenvalue weighted by Gasteiger charge is -1.99. The topological polar surface area (TPSA) is 56.0 Å². The smallest absolute Gasteiger partial charge is 0.176 e. The first kappa shape index (κ1) is 16.1. The molecule has 4 heterocycles. The van der Waals surface area contributed by atoms with Crippen molar-refractivity contribution in [3.8, 4) is 0 Å². The minimum atomic E-state index is 0.397. The molecule has 0 radical (unpaired) electrons. The van der Waals surface area contributed by atoms with Crippen LogP contribution in [0.1, 0.15) is 46.5 Å². The van der Waals surface area contributed by atoms with Gasteiger partial charge < -0.3 is 0 Å². The molecule has 6 rings (SSSR count). The van der Waals surface area contributed by atoms with Crippen molar-refractivity contribution in [3.05, 3.63) is 64.9 Å². The van der Waals surface area contributed by atoms with E-state index in [-0.39, 0.29) is 0 Å². The minimum Gasteiger partial charge on any atom is -0.242 e. The van der Waals surface area contributed by atoms with Gasteiger partial charge in [0.1, 0.15) is 15.9 Å². The first-order valence-corrected chi connectivity index (χ1v) is 10.4. The van der Waals surface area contributed by atoms with E-state index in [0.717, 1.165) is 44.0 Å². The molecule has 5 aromatic rings. The third kappa shape index (κ3) is 2.31. The Labute approximate surface area is 166 Å². The third-order valence-corrected chi connectivity index (χ3v) is 6.81. The zero-order valence-electron chi connectivity index (χ0n) is 16.0. The van der Waals surface area contributed by atoms with Crippen LogP contribution in [-0.4, -0.2) is 24.6 Å². The van der Waals surface area contributed by atoms with Gasteiger partial charge >= 0.3 is 0 Å². The second kappa shape index (κ2) is 5.58. The molecule has 28 heavy (non-hydrogen) atoms. The molecular formula is C22H19N5S. The van der Waals surface area contributed by atoms with Crippen LogP contribution < -0.4 is 0 Å². The monoisotopic (exact) mass is 385 g/mol. The summed E-state index contributed by atoms with van der Waals surface area (Å²) < 4.78 is 2.91. The molecule has 6 heteroatoms. The van der Waals surface area contributed by atoms with Gasteiger partial charge in [0.15, 0.2) is 11.5 Å². The molecule has 1 aromatic carbocycles. The second-order valence-electron chi connectivity index (χ2n) is 7.88. The van der Waals surface area contributed by atoms with Gasteiger partial charge in [-0.15, -0.1) is 16.4 Å². The largest absolute Gasteiger partial charge is 0.242 e. The van der Waals surface area contributed by atoms with Crippen LogP contribution in [0.25, 0.3) is 26.1 Å². The van der Waals surface area contributed by atoms with Gasteiger partial charge in [-0.1, -0.05) is 29.8 Å². The predicted molar refractivity (Wildman–Crippen MR) is 112 cm³/mol. The lowest BCUT2D eigenvalue weighted by molar-refractivity contribution is 0.850. The highest BCUT2D eigenvalue weighted by atomic mass is 32.1. The molecule has 4 aromatic heterocycles. The Morgan fingerprint density at radius 1 is 1.04 bits per heavy atom. The molecule has 138 valence electrons. The zero-order chi connectivity index (χ0) is 19.0. The van der Waals surface area contributed by atoms with Crippen LogP contribution in [0.4, 0.5) is 0 Å². The minimum absolute atomic E-state index is 0.397. The summed E-state index contributed by atoms with van der Waals surface area (Å²) in [6.45, 7) is 6.28. The number of nitrogens with zero attached hydrogens (tertiary/aromatic N) is 5. The molecule has 0 saturated heterocycles. The van der Waals surface area contributed by atoms with Crippen LogP contribution in [0.5, 0.6) is 0 Å². The SMILES string of the molecule is Cc1ccc([C@@H]2C[C@@H]2c2nc3c4sc5nc(C)cc(C)c5c4ncn3n2)cc1. The summed E-state index contributed by atoms with van der Waals surface area (Å²) in [5, 5.41) is 5.90. The summed E-state index contributed by atoms with van der Waals surface area (Å²) in [5.41, 5.74) is 6.82. The average Bonchev–Trinajstić information content (AvgIpc) is 3.18.